The number of aliphatic carboxylic acids is 1. The van der Waals surface area contributed by atoms with Gasteiger partial charge in [-0.3, -0.25) is 9.59 Å². The third-order valence-corrected chi connectivity index (χ3v) is 4.55. The molecule has 2 fully saturated rings. The molecule has 0 spiro atoms. The van der Waals surface area contributed by atoms with Crippen LogP contribution in [-0.2, 0) is 14.3 Å². The van der Waals surface area contributed by atoms with E-state index in [1.165, 1.54) is 0 Å². The molecule has 3 rings (SSSR count). The Morgan fingerprint density at radius 3 is 2.55 bits per heavy atom. The number of carboxylic acid groups (broad SMARTS) is 1. The third kappa shape index (κ3) is 2.43. The van der Waals surface area contributed by atoms with Crippen LogP contribution in [0.5, 0.6) is 5.75 Å². The van der Waals surface area contributed by atoms with Crippen molar-refractivity contribution in [1.29, 1.82) is 0 Å². The smallest absolute Gasteiger partial charge is 0.310 e. The summed E-state index contributed by atoms with van der Waals surface area (Å²) in [6.45, 7) is 1.87. The number of hydrogen-bond acceptors (Lipinski definition) is 4. The molecule has 0 saturated carbocycles. The van der Waals surface area contributed by atoms with Crippen molar-refractivity contribution < 1.29 is 24.2 Å². The molecular weight excluding hydrogens is 286 g/mol. The molecule has 2 saturated heterocycles. The van der Waals surface area contributed by atoms with Crippen molar-refractivity contribution in [3.63, 3.8) is 0 Å². The van der Waals surface area contributed by atoms with E-state index in [-0.39, 0.29) is 18.1 Å². The Balaban J connectivity index is 1.78. The Bertz CT molecular complexity index is 615. The summed E-state index contributed by atoms with van der Waals surface area (Å²) in [6.07, 6.45) is 0.834. The molecule has 1 aromatic carbocycles. The Hall–Kier alpha value is -2.08. The van der Waals surface area contributed by atoms with Gasteiger partial charge in [0.1, 0.15) is 5.75 Å². The molecule has 2 heterocycles. The Labute approximate surface area is 128 Å². The van der Waals surface area contributed by atoms with Crippen LogP contribution in [0, 0.1) is 18.8 Å². The van der Waals surface area contributed by atoms with Gasteiger partial charge in [-0.15, -0.1) is 0 Å². The van der Waals surface area contributed by atoms with E-state index in [0.717, 1.165) is 12.0 Å². The predicted molar refractivity (Wildman–Crippen MR) is 78.9 cm³/mol. The first-order valence-corrected chi connectivity index (χ1v) is 7.35. The summed E-state index contributed by atoms with van der Waals surface area (Å²) in [5.41, 5.74) is 1.53. The van der Waals surface area contributed by atoms with Crippen LogP contribution in [0.1, 0.15) is 18.4 Å². The number of ether oxygens (including phenoxy) is 2. The lowest BCUT2D eigenvalue weighted by atomic mass is 9.78. The zero-order chi connectivity index (χ0) is 15.9. The van der Waals surface area contributed by atoms with Crippen LogP contribution >= 0.6 is 0 Å². The van der Waals surface area contributed by atoms with Gasteiger partial charge in [0, 0.05) is 5.69 Å². The highest BCUT2D eigenvalue weighted by Crippen LogP contribution is 2.44. The van der Waals surface area contributed by atoms with Gasteiger partial charge in [-0.05, 0) is 43.5 Å². The lowest BCUT2D eigenvalue weighted by Gasteiger charge is -2.24. The lowest BCUT2D eigenvalue weighted by molar-refractivity contribution is -0.147. The molecule has 6 nitrogen and oxygen atoms in total. The minimum Gasteiger partial charge on any atom is -0.497 e. The number of nitrogens with one attached hydrogen (secondary N) is 1. The van der Waals surface area contributed by atoms with Crippen molar-refractivity contribution >= 4 is 17.6 Å². The van der Waals surface area contributed by atoms with Gasteiger partial charge in [0.15, 0.2) is 0 Å². The lowest BCUT2D eigenvalue weighted by Crippen LogP contribution is -2.41. The van der Waals surface area contributed by atoms with Crippen molar-refractivity contribution in [3.8, 4) is 5.75 Å². The second-order valence-electron chi connectivity index (χ2n) is 5.85. The van der Waals surface area contributed by atoms with Gasteiger partial charge in [0.2, 0.25) is 5.91 Å². The van der Waals surface area contributed by atoms with Crippen LogP contribution in [0.25, 0.3) is 0 Å². The van der Waals surface area contributed by atoms with Gasteiger partial charge in [0.25, 0.3) is 0 Å². The second-order valence-corrected chi connectivity index (χ2v) is 5.85. The molecular formula is C16H19NO5. The van der Waals surface area contributed by atoms with Crippen molar-refractivity contribution in [2.45, 2.75) is 32.0 Å². The molecule has 2 bridgehead atoms. The van der Waals surface area contributed by atoms with Gasteiger partial charge in [-0.2, -0.15) is 0 Å². The minimum absolute atomic E-state index is 0.284. The highest BCUT2D eigenvalue weighted by molar-refractivity contribution is 5.96. The van der Waals surface area contributed by atoms with Crippen LogP contribution in [-0.4, -0.2) is 36.3 Å². The zero-order valence-corrected chi connectivity index (χ0v) is 12.5. The fourth-order valence-corrected chi connectivity index (χ4v) is 3.44. The summed E-state index contributed by atoms with van der Waals surface area (Å²) in [5.74, 6) is -1.91. The molecule has 2 N–H and O–H groups in total. The number of anilines is 1. The Kier molecular flexibility index (Phi) is 3.78. The number of carboxylic acids is 1. The topological polar surface area (TPSA) is 84.9 Å². The van der Waals surface area contributed by atoms with Crippen molar-refractivity contribution in [2.75, 3.05) is 12.4 Å². The van der Waals surface area contributed by atoms with E-state index in [0.29, 0.717) is 17.9 Å². The Morgan fingerprint density at radius 2 is 1.95 bits per heavy atom. The number of carbonyl (C=O) groups is 2. The van der Waals surface area contributed by atoms with Crippen molar-refractivity contribution in [2.24, 2.45) is 11.8 Å². The number of benzene rings is 1. The summed E-state index contributed by atoms with van der Waals surface area (Å²) in [5, 5.41) is 12.2. The molecule has 1 amide bonds. The van der Waals surface area contributed by atoms with Crippen LogP contribution < -0.4 is 10.1 Å². The van der Waals surface area contributed by atoms with E-state index in [9.17, 15) is 14.7 Å². The van der Waals surface area contributed by atoms with Gasteiger partial charge >= 0.3 is 5.97 Å². The largest absolute Gasteiger partial charge is 0.497 e. The first-order valence-electron chi connectivity index (χ1n) is 7.35. The number of amides is 1. The maximum Gasteiger partial charge on any atom is 0.310 e. The first kappa shape index (κ1) is 14.8. The number of rotatable bonds is 4. The van der Waals surface area contributed by atoms with Crippen molar-refractivity contribution in [3.05, 3.63) is 23.8 Å². The normalized spacial score (nSPS) is 29.4. The summed E-state index contributed by atoms with van der Waals surface area (Å²) in [4.78, 5) is 24.0. The molecule has 2 aliphatic rings. The molecule has 1 aromatic rings. The van der Waals surface area contributed by atoms with Crippen LogP contribution in [0.15, 0.2) is 18.2 Å². The van der Waals surface area contributed by atoms with Crippen LogP contribution in [0.3, 0.4) is 0 Å². The molecule has 0 unspecified atom stereocenters. The highest BCUT2D eigenvalue weighted by Gasteiger charge is 2.55. The predicted octanol–water partition coefficient (Wildman–Crippen LogP) is 1.82. The number of hydrogen-bond donors (Lipinski definition) is 2. The average molecular weight is 305 g/mol. The van der Waals surface area contributed by atoms with Crippen LogP contribution in [0.4, 0.5) is 5.69 Å². The summed E-state index contributed by atoms with van der Waals surface area (Å²) in [7, 11) is 1.58. The summed E-state index contributed by atoms with van der Waals surface area (Å²) < 4.78 is 10.8. The van der Waals surface area contributed by atoms with Gasteiger partial charge < -0.3 is 19.9 Å². The van der Waals surface area contributed by atoms with E-state index in [2.05, 4.69) is 5.32 Å². The number of fused-ring (bicyclic) bond motifs is 2. The maximum absolute atomic E-state index is 12.5. The number of carbonyl (C=O) groups excluding carboxylic acids is 1. The molecule has 22 heavy (non-hydrogen) atoms. The average Bonchev–Trinajstić information content (AvgIpc) is 3.09. The molecule has 0 aliphatic carbocycles. The van der Waals surface area contributed by atoms with Crippen LogP contribution in [0.2, 0.25) is 0 Å². The van der Waals surface area contributed by atoms with Crippen molar-refractivity contribution in [1.82, 2.24) is 0 Å². The maximum atomic E-state index is 12.5. The van der Waals surface area contributed by atoms with Gasteiger partial charge in [-0.25, -0.2) is 0 Å². The Morgan fingerprint density at radius 1 is 1.27 bits per heavy atom. The monoisotopic (exact) mass is 305 g/mol. The molecule has 4 atom stereocenters. The molecule has 0 aromatic heterocycles. The molecule has 0 radical (unpaired) electrons. The molecule has 118 valence electrons. The SMILES string of the molecule is COc1ccc(NC(=O)[C@H]2[C@@H](C(=O)O)[C@H]3CC[C@H]2O3)c(C)c1. The number of aryl methyl sites for hydroxylation is 1. The van der Waals surface area contributed by atoms with E-state index in [1.54, 1.807) is 19.2 Å². The van der Waals surface area contributed by atoms with Gasteiger partial charge in [-0.1, -0.05) is 0 Å². The second kappa shape index (κ2) is 5.61. The quantitative estimate of drug-likeness (QED) is 0.886. The minimum atomic E-state index is -0.959. The van der Waals surface area contributed by atoms with E-state index >= 15 is 0 Å². The third-order valence-electron chi connectivity index (χ3n) is 4.55. The van der Waals surface area contributed by atoms with Gasteiger partial charge in [0.05, 0.1) is 31.2 Å². The molecule has 6 heteroatoms. The standard InChI is InChI=1S/C16H19NO5/c1-8-7-9(21-2)3-4-10(8)17-15(18)13-11-5-6-12(22-11)14(13)16(19)20/h3-4,7,11-14H,5-6H2,1-2H3,(H,17,18)(H,19,20)/t11-,12-,13-,14+/m1/s1. The fraction of sp³-hybridized carbons (Fsp3) is 0.500. The van der Waals surface area contributed by atoms with E-state index in [1.807, 2.05) is 13.0 Å². The summed E-state index contributed by atoms with van der Waals surface area (Å²) in [6, 6.07) is 5.34. The highest BCUT2D eigenvalue weighted by atomic mass is 16.5. The van der Waals surface area contributed by atoms with E-state index in [4.69, 9.17) is 9.47 Å². The summed E-state index contributed by atoms with van der Waals surface area (Å²) >= 11 is 0. The molecule has 2 aliphatic heterocycles. The zero-order valence-electron chi connectivity index (χ0n) is 12.5. The van der Waals surface area contributed by atoms with E-state index < -0.39 is 17.8 Å². The fourth-order valence-electron chi connectivity index (χ4n) is 3.44. The number of methoxy groups -OCH3 is 1. The first-order chi connectivity index (χ1) is 10.5.